The van der Waals surface area contributed by atoms with Crippen LogP contribution in [-0.4, -0.2) is 6.54 Å². The average molecular weight is 226 g/mol. The second-order valence-electron chi connectivity index (χ2n) is 4.13. The topological polar surface area (TPSA) is 29.3 Å². The Bertz CT molecular complexity index is 492. The van der Waals surface area contributed by atoms with Crippen LogP contribution in [0.25, 0.3) is 0 Å². The van der Waals surface area contributed by atoms with Crippen molar-refractivity contribution < 1.29 is 0 Å². The lowest BCUT2D eigenvalue weighted by Gasteiger charge is -2.25. The molecule has 0 aliphatic heterocycles. The fourth-order valence-corrected chi connectivity index (χ4v) is 2.02. The van der Waals surface area contributed by atoms with E-state index < -0.39 is 0 Å². The maximum absolute atomic E-state index is 5.87. The van der Waals surface area contributed by atoms with Crippen LogP contribution in [0, 0.1) is 6.92 Å². The molecule has 2 N–H and O–H groups in total. The van der Waals surface area contributed by atoms with Gasteiger partial charge in [0.2, 0.25) is 0 Å². The molecule has 0 atom stereocenters. The predicted octanol–water partition coefficient (Wildman–Crippen LogP) is 3.74. The van der Waals surface area contributed by atoms with Crippen molar-refractivity contribution in [2.24, 2.45) is 0 Å². The maximum atomic E-state index is 5.87. The Morgan fingerprint density at radius 1 is 1.06 bits per heavy atom. The Labute approximate surface area is 103 Å². The van der Waals surface area contributed by atoms with E-state index in [0.717, 1.165) is 12.2 Å². The Morgan fingerprint density at radius 2 is 1.76 bits per heavy atom. The van der Waals surface area contributed by atoms with Crippen molar-refractivity contribution in [1.82, 2.24) is 0 Å². The van der Waals surface area contributed by atoms with Gasteiger partial charge in [-0.15, -0.1) is 0 Å². The lowest BCUT2D eigenvalue weighted by atomic mass is 10.1. The average Bonchev–Trinajstić information content (AvgIpc) is 2.36. The van der Waals surface area contributed by atoms with Gasteiger partial charge in [0.25, 0.3) is 0 Å². The summed E-state index contributed by atoms with van der Waals surface area (Å²) in [5.41, 5.74) is 10.3. The molecule has 2 aromatic rings. The van der Waals surface area contributed by atoms with Gasteiger partial charge in [0.1, 0.15) is 0 Å². The van der Waals surface area contributed by atoms with Gasteiger partial charge in [0, 0.05) is 23.6 Å². The van der Waals surface area contributed by atoms with E-state index in [0.29, 0.717) is 0 Å². The number of rotatable bonds is 3. The molecule has 2 nitrogen and oxygen atoms in total. The van der Waals surface area contributed by atoms with E-state index in [4.69, 9.17) is 5.73 Å². The van der Waals surface area contributed by atoms with Crippen LogP contribution in [0.4, 0.5) is 17.1 Å². The molecule has 0 unspecified atom stereocenters. The zero-order valence-corrected chi connectivity index (χ0v) is 10.4. The molecule has 0 aliphatic rings. The van der Waals surface area contributed by atoms with Gasteiger partial charge in [0.05, 0.1) is 0 Å². The van der Waals surface area contributed by atoms with Gasteiger partial charge >= 0.3 is 0 Å². The fourth-order valence-electron chi connectivity index (χ4n) is 2.02. The summed E-state index contributed by atoms with van der Waals surface area (Å²) in [6.07, 6.45) is 0. The molecule has 0 saturated carbocycles. The molecule has 2 rings (SSSR count). The first-order valence-corrected chi connectivity index (χ1v) is 5.91. The number of nitrogens with zero attached hydrogens (tertiary/aromatic N) is 1. The predicted molar refractivity (Wildman–Crippen MR) is 74.7 cm³/mol. The number of hydrogen-bond donors (Lipinski definition) is 1. The molecular formula is C15H18N2. The van der Waals surface area contributed by atoms with E-state index in [1.165, 1.54) is 16.9 Å². The van der Waals surface area contributed by atoms with Crippen LogP contribution in [0.15, 0.2) is 48.5 Å². The molecule has 0 fully saturated rings. The van der Waals surface area contributed by atoms with Crippen molar-refractivity contribution in [3.8, 4) is 0 Å². The standard InChI is InChI=1S/C15H18N2/c1-3-17(14-7-5-4-6-8-14)15-11-13(16)10-9-12(15)2/h4-11H,3,16H2,1-2H3. The molecule has 0 bridgehead atoms. The van der Waals surface area contributed by atoms with E-state index in [1.54, 1.807) is 0 Å². The van der Waals surface area contributed by atoms with Crippen LogP contribution in [0.2, 0.25) is 0 Å². The van der Waals surface area contributed by atoms with Gasteiger partial charge in [-0.25, -0.2) is 0 Å². The molecule has 0 aliphatic carbocycles. The van der Waals surface area contributed by atoms with Crippen LogP contribution in [0.3, 0.4) is 0 Å². The first kappa shape index (κ1) is 11.5. The minimum Gasteiger partial charge on any atom is -0.399 e. The Hall–Kier alpha value is -1.96. The normalized spacial score (nSPS) is 10.2. The van der Waals surface area contributed by atoms with Crippen LogP contribution >= 0.6 is 0 Å². The highest BCUT2D eigenvalue weighted by Crippen LogP contribution is 2.29. The third-order valence-corrected chi connectivity index (χ3v) is 2.91. The van der Waals surface area contributed by atoms with Crippen LogP contribution in [-0.2, 0) is 0 Å². The van der Waals surface area contributed by atoms with E-state index >= 15 is 0 Å². The van der Waals surface area contributed by atoms with Gasteiger partial charge < -0.3 is 10.6 Å². The summed E-state index contributed by atoms with van der Waals surface area (Å²) in [5.74, 6) is 0. The van der Waals surface area contributed by atoms with Crippen molar-refractivity contribution in [2.45, 2.75) is 13.8 Å². The number of para-hydroxylation sites is 1. The monoisotopic (exact) mass is 226 g/mol. The van der Waals surface area contributed by atoms with Crippen molar-refractivity contribution in [3.05, 3.63) is 54.1 Å². The molecule has 0 amide bonds. The highest BCUT2D eigenvalue weighted by molar-refractivity contribution is 5.69. The summed E-state index contributed by atoms with van der Waals surface area (Å²) in [4.78, 5) is 2.27. The zero-order valence-electron chi connectivity index (χ0n) is 10.4. The maximum Gasteiger partial charge on any atom is 0.0460 e. The van der Waals surface area contributed by atoms with Crippen molar-refractivity contribution in [2.75, 3.05) is 17.2 Å². The highest BCUT2D eigenvalue weighted by Gasteiger charge is 2.09. The van der Waals surface area contributed by atoms with Crippen LogP contribution < -0.4 is 10.6 Å². The van der Waals surface area contributed by atoms with Crippen LogP contribution in [0.5, 0.6) is 0 Å². The largest absolute Gasteiger partial charge is 0.399 e. The number of nitrogens with two attached hydrogens (primary N) is 1. The minimum absolute atomic E-state index is 0.806. The number of nitrogen functional groups attached to an aromatic ring is 1. The summed E-state index contributed by atoms with van der Waals surface area (Å²) in [6.45, 7) is 5.18. The molecule has 0 heterocycles. The van der Waals surface area contributed by atoms with Crippen molar-refractivity contribution >= 4 is 17.1 Å². The van der Waals surface area contributed by atoms with Crippen molar-refractivity contribution in [1.29, 1.82) is 0 Å². The number of benzene rings is 2. The minimum atomic E-state index is 0.806. The van der Waals surface area contributed by atoms with Gasteiger partial charge in [-0.1, -0.05) is 24.3 Å². The summed E-state index contributed by atoms with van der Waals surface area (Å²) in [6, 6.07) is 16.4. The molecule has 0 spiro atoms. The van der Waals surface area contributed by atoms with Gasteiger partial charge in [-0.3, -0.25) is 0 Å². The van der Waals surface area contributed by atoms with E-state index in [1.807, 2.05) is 18.2 Å². The molecule has 2 heteroatoms. The van der Waals surface area contributed by atoms with Gasteiger partial charge in [0.15, 0.2) is 0 Å². The number of aryl methyl sites for hydroxylation is 1. The second kappa shape index (κ2) is 4.91. The molecule has 0 aromatic heterocycles. The smallest absolute Gasteiger partial charge is 0.0460 e. The first-order chi connectivity index (χ1) is 8.22. The molecule has 17 heavy (non-hydrogen) atoms. The number of hydrogen-bond acceptors (Lipinski definition) is 2. The fraction of sp³-hybridized carbons (Fsp3) is 0.200. The highest BCUT2D eigenvalue weighted by atomic mass is 15.1. The van der Waals surface area contributed by atoms with E-state index in [-0.39, 0.29) is 0 Å². The molecule has 0 saturated heterocycles. The SMILES string of the molecule is CCN(c1ccccc1)c1cc(N)ccc1C. The third kappa shape index (κ3) is 2.41. The van der Waals surface area contributed by atoms with Crippen molar-refractivity contribution in [3.63, 3.8) is 0 Å². The van der Waals surface area contributed by atoms with E-state index in [9.17, 15) is 0 Å². The summed E-state index contributed by atoms with van der Waals surface area (Å²) in [5, 5.41) is 0. The third-order valence-electron chi connectivity index (χ3n) is 2.91. The summed E-state index contributed by atoms with van der Waals surface area (Å²) in [7, 11) is 0. The van der Waals surface area contributed by atoms with E-state index in [2.05, 4.69) is 49.1 Å². The molecule has 0 radical (unpaired) electrons. The molecule has 88 valence electrons. The molecule has 2 aromatic carbocycles. The zero-order chi connectivity index (χ0) is 12.3. The lowest BCUT2D eigenvalue weighted by Crippen LogP contribution is -2.17. The Kier molecular flexibility index (Phi) is 3.33. The molecular weight excluding hydrogens is 208 g/mol. The Morgan fingerprint density at radius 3 is 2.41 bits per heavy atom. The first-order valence-electron chi connectivity index (χ1n) is 5.91. The Balaban J connectivity index is 2.46. The lowest BCUT2D eigenvalue weighted by molar-refractivity contribution is 1.02. The van der Waals surface area contributed by atoms with Crippen LogP contribution in [0.1, 0.15) is 12.5 Å². The van der Waals surface area contributed by atoms with Gasteiger partial charge in [-0.05, 0) is 43.7 Å². The quantitative estimate of drug-likeness (QED) is 0.808. The van der Waals surface area contributed by atoms with Gasteiger partial charge in [-0.2, -0.15) is 0 Å². The summed E-state index contributed by atoms with van der Waals surface area (Å²) >= 11 is 0. The summed E-state index contributed by atoms with van der Waals surface area (Å²) < 4.78 is 0. The number of anilines is 3. The second-order valence-corrected chi connectivity index (χ2v) is 4.13.